The number of ether oxygens (including phenoxy) is 1. The van der Waals surface area contributed by atoms with Crippen molar-refractivity contribution < 1.29 is 14.9 Å². The smallest absolute Gasteiger partial charge is 0.0829 e. The van der Waals surface area contributed by atoms with Crippen LogP contribution >= 0.6 is 0 Å². The Hall–Kier alpha value is -1.59. The van der Waals surface area contributed by atoms with Crippen LogP contribution in [0.5, 0.6) is 0 Å². The van der Waals surface area contributed by atoms with Crippen molar-refractivity contribution in [3.63, 3.8) is 0 Å². The van der Waals surface area contributed by atoms with Gasteiger partial charge in [-0.25, -0.2) is 0 Å². The molecule has 1 aromatic carbocycles. The first-order valence-electron chi connectivity index (χ1n) is 6.67. The van der Waals surface area contributed by atoms with Crippen LogP contribution in [0.2, 0.25) is 0 Å². The molecule has 6 heteroatoms. The molecule has 0 saturated heterocycles. The largest absolute Gasteiger partial charge is 0.396 e. The highest BCUT2D eigenvalue weighted by Crippen LogP contribution is 2.12. The minimum absolute atomic E-state index is 0.0137. The van der Waals surface area contributed by atoms with E-state index in [1.165, 1.54) is 5.56 Å². The summed E-state index contributed by atoms with van der Waals surface area (Å²) in [6.07, 6.45) is 0.701. The number of hydrogen-bond acceptors (Lipinski definition) is 4. The number of aliphatic hydroxyl groups is 2. The molecule has 2 N–H and O–H groups in total. The number of benzene rings is 1. The van der Waals surface area contributed by atoms with Crippen LogP contribution in [0.1, 0.15) is 12.0 Å². The summed E-state index contributed by atoms with van der Waals surface area (Å²) in [5, 5.41) is 21.8. The van der Waals surface area contributed by atoms with Crippen molar-refractivity contribution in [2.75, 3.05) is 26.4 Å². The number of hydrogen-bond donors (Lipinski definition) is 2. The van der Waals surface area contributed by atoms with Gasteiger partial charge in [0.2, 0.25) is 0 Å². The van der Waals surface area contributed by atoms with E-state index in [0.717, 1.165) is 6.42 Å². The van der Waals surface area contributed by atoms with E-state index in [9.17, 15) is 5.11 Å². The summed E-state index contributed by atoms with van der Waals surface area (Å²) in [6, 6.07) is 10.0. The van der Waals surface area contributed by atoms with Gasteiger partial charge in [-0.3, -0.25) is 0 Å². The van der Waals surface area contributed by atoms with E-state index in [4.69, 9.17) is 15.4 Å². The molecule has 6 nitrogen and oxygen atoms in total. The third kappa shape index (κ3) is 7.11. The molecule has 0 aliphatic carbocycles. The Bertz CT molecular complexity index is 407. The molecule has 0 heterocycles. The van der Waals surface area contributed by atoms with Gasteiger partial charge in [-0.05, 0) is 29.9 Å². The lowest BCUT2D eigenvalue weighted by Crippen LogP contribution is -2.22. The molecule has 1 aromatic rings. The maximum Gasteiger partial charge on any atom is 0.0829 e. The minimum atomic E-state index is -0.780. The maximum atomic E-state index is 9.47. The Balaban J connectivity index is 2.33. The Morgan fingerprint density at radius 2 is 2.00 bits per heavy atom. The monoisotopic (exact) mass is 279 g/mol. The van der Waals surface area contributed by atoms with Gasteiger partial charge in [0.1, 0.15) is 0 Å². The van der Waals surface area contributed by atoms with Gasteiger partial charge in [0.05, 0.1) is 19.3 Å². The summed E-state index contributed by atoms with van der Waals surface area (Å²) in [4.78, 5) is 2.58. The Morgan fingerprint density at radius 3 is 2.65 bits per heavy atom. The zero-order chi connectivity index (χ0) is 14.6. The fourth-order valence-corrected chi connectivity index (χ4v) is 1.93. The number of rotatable bonds is 10. The normalized spacial score (nSPS) is 13.5. The van der Waals surface area contributed by atoms with Crippen molar-refractivity contribution in [3.05, 3.63) is 46.3 Å². The van der Waals surface area contributed by atoms with Crippen LogP contribution in [0, 0.1) is 5.92 Å². The molecule has 0 bridgehead atoms. The maximum absolute atomic E-state index is 9.47. The molecule has 20 heavy (non-hydrogen) atoms. The summed E-state index contributed by atoms with van der Waals surface area (Å²) < 4.78 is 5.43. The molecular weight excluding hydrogens is 258 g/mol. The first-order chi connectivity index (χ1) is 9.76. The average molecular weight is 279 g/mol. The van der Waals surface area contributed by atoms with Crippen LogP contribution in [-0.4, -0.2) is 42.7 Å². The number of azide groups is 1. The Morgan fingerprint density at radius 1 is 1.25 bits per heavy atom. The van der Waals surface area contributed by atoms with Gasteiger partial charge in [-0.15, -0.1) is 0 Å². The third-order valence-corrected chi connectivity index (χ3v) is 2.92. The first kappa shape index (κ1) is 16.5. The van der Waals surface area contributed by atoms with Crippen LogP contribution in [0.3, 0.4) is 0 Å². The lowest BCUT2D eigenvalue weighted by atomic mass is 9.97. The SMILES string of the molecule is [N-]=[N+]=NCC(O)COCC(CCO)Cc1ccccc1. The van der Waals surface area contributed by atoms with Gasteiger partial charge < -0.3 is 14.9 Å². The zero-order valence-electron chi connectivity index (χ0n) is 11.4. The van der Waals surface area contributed by atoms with Gasteiger partial charge in [0, 0.05) is 18.1 Å². The number of aliphatic hydroxyl groups excluding tert-OH is 2. The van der Waals surface area contributed by atoms with Crippen molar-refractivity contribution in [3.8, 4) is 0 Å². The second-order valence-electron chi connectivity index (χ2n) is 4.67. The molecule has 0 aliphatic heterocycles. The zero-order valence-corrected chi connectivity index (χ0v) is 11.4. The number of nitrogens with zero attached hydrogens (tertiary/aromatic N) is 3. The second kappa shape index (κ2) is 10.2. The molecule has 0 aromatic heterocycles. The topological polar surface area (TPSA) is 98.5 Å². The van der Waals surface area contributed by atoms with Crippen molar-refractivity contribution in [2.24, 2.45) is 11.0 Å². The van der Waals surface area contributed by atoms with Crippen molar-refractivity contribution in [1.29, 1.82) is 0 Å². The summed E-state index contributed by atoms with van der Waals surface area (Å²) in [6.45, 7) is 0.723. The van der Waals surface area contributed by atoms with Gasteiger partial charge in [0.15, 0.2) is 0 Å². The summed E-state index contributed by atoms with van der Waals surface area (Å²) in [7, 11) is 0. The van der Waals surface area contributed by atoms with E-state index in [1.807, 2.05) is 30.3 Å². The molecule has 0 fully saturated rings. The molecule has 2 unspecified atom stereocenters. The van der Waals surface area contributed by atoms with Crippen LogP contribution in [0.15, 0.2) is 35.4 Å². The third-order valence-electron chi connectivity index (χ3n) is 2.92. The summed E-state index contributed by atoms with van der Waals surface area (Å²) in [5.74, 6) is 0.203. The first-order valence-corrected chi connectivity index (χ1v) is 6.67. The fourth-order valence-electron chi connectivity index (χ4n) is 1.93. The van der Waals surface area contributed by atoms with Crippen LogP contribution in [0.4, 0.5) is 0 Å². The summed E-state index contributed by atoms with van der Waals surface area (Å²) in [5.41, 5.74) is 9.34. The second-order valence-corrected chi connectivity index (χ2v) is 4.67. The van der Waals surface area contributed by atoms with E-state index in [1.54, 1.807) is 0 Å². The predicted octanol–water partition coefficient (Wildman–Crippen LogP) is 1.92. The van der Waals surface area contributed by atoms with Crippen LogP contribution in [0.25, 0.3) is 10.4 Å². The lowest BCUT2D eigenvalue weighted by Gasteiger charge is -2.17. The van der Waals surface area contributed by atoms with Gasteiger partial charge >= 0.3 is 0 Å². The van der Waals surface area contributed by atoms with Crippen molar-refractivity contribution in [1.82, 2.24) is 0 Å². The van der Waals surface area contributed by atoms with Crippen LogP contribution < -0.4 is 0 Å². The highest BCUT2D eigenvalue weighted by atomic mass is 16.5. The van der Waals surface area contributed by atoms with Crippen LogP contribution in [-0.2, 0) is 11.2 Å². The molecule has 0 radical (unpaired) electrons. The molecule has 1 rings (SSSR count). The van der Waals surface area contributed by atoms with Gasteiger partial charge in [-0.2, -0.15) is 0 Å². The molecule has 0 spiro atoms. The van der Waals surface area contributed by atoms with Crippen molar-refractivity contribution >= 4 is 0 Å². The minimum Gasteiger partial charge on any atom is -0.396 e. The van der Waals surface area contributed by atoms with E-state index in [0.29, 0.717) is 13.0 Å². The highest BCUT2D eigenvalue weighted by molar-refractivity contribution is 5.15. The molecule has 0 saturated carbocycles. The molecule has 2 atom stereocenters. The van der Waals surface area contributed by atoms with Crippen molar-refractivity contribution in [2.45, 2.75) is 18.9 Å². The highest BCUT2D eigenvalue weighted by Gasteiger charge is 2.11. The van der Waals surface area contributed by atoms with Gasteiger partial charge in [0.25, 0.3) is 0 Å². The van der Waals surface area contributed by atoms with E-state index in [2.05, 4.69) is 10.0 Å². The van der Waals surface area contributed by atoms with E-state index in [-0.39, 0.29) is 25.7 Å². The van der Waals surface area contributed by atoms with E-state index < -0.39 is 6.10 Å². The van der Waals surface area contributed by atoms with E-state index >= 15 is 0 Å². The standard InChI is InChI=1S/C14H21N3O3/c15-17-16-9-14(19)11-20-10-13(6-7-18)8-12-4-2-1-3-5-12/h1-5,13-14,18-19H,6-11H2. The molecular formula is C14H21N3O3. The van der Waals surface area contributed by atoms with Gasteiger partial charge in [-0.1, -0.05) is 35.4 Å². The summed E-state index contributed by atoms with van der Waals surface area (Å²) >= 11 is 0. The quantitative estimate of drug-likeness (QED) is 0.389. The lowest BCUT2D eigenvalue weighted by molar-refractivity contribution is 0.0213. The Kier molecular flexibility index (Phi) is 8.42. The predicted molar refractivity (Wildman–Crippen MR) is 76.2 cm³/mol. The molecule has 0 aliphatic rings. The Labute approximate surface area is 118 Å². The average Bonchev–Trinajstić information content (AvgIpc) is 2.46. The molecule has 0 amide bonds. The molecule has 110 valence electrons. The fraction of sp³-hybridized carbons (Fsp3) is 0.571.